The van der Waals surface area contributed by atoms with Crippen LogP contribution in [0.2, 0.25) is 0 Å². The summed E-state index contributed by atoms with van der Waals surface area (Å²) in [5, 5.41) is 2.90. The molecule has 0 saturated heterocycles. The standard InChI is InChI=1S/C46H26F12O2P2/c47-43(48,49)27-5-13-31(14-6-27)61(59,32-15-7-28(8-16-32)44(50,51)52)35-21-23-39-40-24-22-36(26-42(40)38-4-2-1-3-37(38)41(39)25-35)62(60,33-17-9-29(10-18-33)45(53,54)55)34-19-11-30(12-20-34)46(56,57)58/h1-26H. The topological polar surface area (TPSA) is 34.1 Å². The van der Waals surface area contributed by atoms with E-state index in [-0.39, 0.29) is 31.8 Å². The van der Waals surface area contributed by atoms with Crippen molar-refractivity contribution in [2.75, 3.05) is 0 Å². The molecular formula is C46H26F12O2P2. The van der Waals surface area contributed by atoms with Crippen molar-refractivity contribution in [3.05, 3.63) is 180 Å². The van der Waals surface area contributed by atoms with E-state index in [0.717, 1.165) is 97.1 Å². The first kappa shape index (κ1) is 42.8. The van der Waals surface area contributed by atoms with Gasteiger partial charge in [-0.2, -0.15) is 52.7 Å². The van der Waals surface area contributed by atoms with E-state index in [9.17, 15) is 52.7 Å². The maximum atomic E-state index is 15.4. The van der Waals surface area contributed by atoms with Gasteiger partial charge in [0, 0.05) is 31.8 Å². The Bertz CT molecular complexity index is 2740. The predicted octanol–water partition coefficient (Wildman–Crippen LogP) is 12.5. The van der Waals surface area contributed by atoms with E-state index >= 15 is 9.13 Å². The second kappa shape index (κ2) is 14.9. The maximum absolute atomic E-state index is 15.4. The van der Waals surface area contributed by atoms with Crippen LogP contribution in [0.1, 0.15) is 22.3 Å². The van der Waals surface area contributed by atoms with Gasteiger partial charge in [-0.25, -0.2) is 0 Å². The predicted molar refractivity (Wildman–Crippen MR) is 218 cm³/mol. The van der Waals surface area contributed by atoms with Crippen LogP contribution in [-0.4, -0.2) is 0 Å². The molecule has 2 nitrogen and oxygen atoms in total. The fraction of sp³-hybridized carbons (Fsp3) is 0.0870. The van der Waals surface area contributed by atoms with E-state index in [4.69, 9.17) is 0 Å². The molecule has 0 N–H and O–H groups in total. The highest BCUT2D eigenvalue weighted by molar-refractivity contribution is 7.85. The molecule has 0 aliphatic rings. The van der Waals surface area contributed by atoms with Crippen LogP contribution in [0.15, 0.2) is 158 Å². The zero-order chi connectivity index (χ0) is 44.6. The van der Waals surface area contributed by atoms with Crippen LogP contribution < -0.4 is 31.8 Å². The van der Waals surface area contributed by atoms with E-state index in [0.29, 0.717) is 32.3 Å². The highest BCUT2D eigenvalue weighted by Gasteiger charge is 2.38. The summed E-state index contributed by atoms with van der Waals surface area (Å²) in [7, 11) is -8.40. The van der Waals surface area contributed by atoms with Gasteiger partial charge in [0.25, 0.3) is 0 Å². The fourth-order valence-corrected chi connectivity index (χ4v) is 12.9. The van der Waals surface area contributed by atoms with E-state index in [2.05, 4.69) is 0 Å². The van der Waals surface area contributed by atoms with Gasteiger partial charge in [0.1, 0.15) is 0 Å². The van der Waals surface area contributed by atoms with Gasteiger partial charge in [-0.05, 0) is 93.0 Å². The smallest absolute Gasteiger partial charge is 0.309 e. The molecule has 0 aromatic heterocycles. The lowest BCUT2D eigenvalue weighted by Crippen LogP contribution is -2.26. The van der Waals surface area contributed by atoms with Crippen molar-refractivity contribution in [3.8, 4) is 0 Å². The highest BCUT2D eigenvalue weighted by atomic mass is 31.2. The third-order valence-electron chi connectivity index (χ3n) is 10.8. The average molecular weight is 901 g/mol. The molecule has 8 aromatic rings. The molecule has 0 amide bonds. The summed E-state index contributed by atoms with van der Waals surface area (Å²) in [6, 6.07) is 30.1. The first-order valence-electron chi connectivity index (χ1n) is 18.3. The van der Waals surface area contributed by atoms with Crippen LogP contribution >= 0.6 is 14.3 Å². The fourth-order valence-electron chi connectivity index (χ4n) is 7.66. The quantitative estimate of drug-likeness (QED) is 0.0947. The van der Waals surface area contributed by atoms with E-state index in [1.165, 1.54) is 12.1 Å². The Kier molecular flexibility index (Phi) is 10.3. The van der Waals surface area contributed by atoms with Gasteiger partial charge < -0.3 is 9.13 Å². The Morgan fingerprint density at radius 2 is 0.468 bits per heavy atom. The molecule has 62 heavy (non-hydrogen) atoms. The number of halogens is 12. The molecule has 0 fully saturated rings. The molecule has 0 bridgehead atoms. The normalized spacial score (nSPS) is 13.3. The Morgan fingerprint density at radius 1 is 0.258 bits per heavy atom. The summed E-state index contributed by atoms with van der Waals surface area (Å²) < 4.78 is 194. The molecule has 8 rings (SSSR count). The minimum atomic E-state index is -4.73. The minimum Gasteiger partial charge on any atom is -0.309 e. The Labute approximate surface area is 344 Å². The highest BCUT2D eigenvalue weighted by Crippen LogP contribution is 2.48. The van der Waals surface area contributed by atoms with Crippen LogP contribution in [0.4, 0.5) is 52.7 Å². The number of fused-ring (bicyclic) bond motifs is 6. The van der Waals surface area contributed by atoms with Crippen LogP contribution in [0, 0.1) is 0 Å². The summed E-state index contributed by atoms with van der Waals surface area (Å²) in [6.07, 6.45) is -18.9. The molecule has 0 spiro atoms. The summed E-state index contributed by atoms with van der Waals surface area (Å²) in [6.45, 7) is 0. The second-order valence-corrected chi connectivity index (χ2v) is 19.9. The molecule has 0 atom stereocenters. The zero-order valence-electron chi connectivity index (χ0n) is 31.3. The first-order chi connectivity index (χ1) is 29.0. The number of alkyl halides is 12. The Hall–Kier alpha value is -5.84. The van der Waals surface area contributed by atoms with Crippen LogP contribution in [-0.2, 0) is 33.8 Å². The largest absolute Gasteiger partial charge is 0.416 e. The van der Waals surface area contributed by atoms with Gasteiger partial charge in [-0.3, -0.25) is 0 Å². The summed E-state index contributed by atoms with van der Waals surface area (Å²) >= 11 is 0. The van der Waals surface area contributed by atoms with Crippen molar-refractivity contribution in [1.82, 2.24) is 0 Å². The van der Waals surface area contributed by atoms with Gasteiger partial charge in [0.05, 0.1) is 22.3 Å². The first-order valence-corrected chi connectivity index (χ1v) is 21.7. The monoisotopic (exact) mass is 900 g/mol. The Balaban J connectivity index is 1.35. The van der Waals surface area contributed by atoms with Crippen molar-refractivity contribution in [1.29, 1.82) is 0 Å². The molecular weight excluding hydrogens is 874 g/mol. The van der Waals surface area contributed by atoms with Crippen molar-refractivity contribution >= 4 is 78.4 Å². The molecule has 0 aliphatic carbocycles. The van der Waals surface area contributed by atoms with Gasteiger partial charge in [-0.1, -0.05) is 97.1 Å². The lowest BCUT2D eigenvalue weighted by atomic mass is 9.94. The number of rotatable bonds is 6. The van der Waals surface area contributed by atoms with Gasteiger partial charge in [0.2, 0.25) is 0 Å². The molecule has 8 aromatic carbocycles. The van der Waals surface area contributed by atoms with Crippen LogP contribution in [0.5, 0.6) is 0 Å². The molecule has 16 heteroatoms. The summed E-state index contributed by atoms with van der Waals surface area (Å²) in [4.78, 5) is 0. The molecule has 0 heterocycles. The van der Waals surface area contributed by atoms with Gasteiger partial charge in [0.15, 0.2) is 14.3 Å². The lowest BCUT2D eigenvalue weighted by Gasteiger charge is -2.23. The molecule has 316 valence electrons. The number of hydrogen-bond acceptors (Lipinski definition) is 2. The molecule has 0 radical (unpaired) electrons. The van der Waals surface area contributed by atoms with Crippen LogP contribution in [0.3, 0.4) is 0 Å². The molecule has 0 aliphatic heterocycles. The second-order valence-electron chi connectivity index (χ2n) is 14.4. The van der Waals surface area contributed by atoms with E-state index < -0.39 is 61.2 Å². The van der Waals surface area contributed by atoms with Gasteiger partial charge >= 0.3 is 24.7 Å². The lowest BCUT2D eigenvalue weighted by molar-refractivity contribution is -0.138. The number of hydrogen-bond donors (Lipinski definition) is 0. The average Bonchev–Trinajstić information content (AvgIpc) is 3.24. The summed E-state index contributed by atoms with van der Waals surface area (Å²) in [5.74, 6) is 0. The zero-order valence-corrected chi connectivity index (χ0v) is 33.0. The third kappa shape index (κ3) is 7.47. The van der Waals surface area contributed by atoms with Crippen molar-refractivity contribution in [2.24, 2.45) is 0 Å². The van der Waals surface area contributed by atoms with Crippen molar-refractivity contribution < 1.29 is 61.8 Å². The summed E-state index contributed by atoms with van der Waals surface area (Å²) in [5.41, 5.74) is -4.12. The SMILES string of the molecule is O=P(c1ccc(C(F)(F)F)cc1)(c1ccc(C(F)(F)F)cc1)c1ccc2c3ccc(P(=O)(c4ccc(C(F)(F)F)cc4)c4ccc(C(F)(F)F)cc4)cc3c3ccccc3c2c1. The van der Waals surface area contributed by atoms with E-state index in [1.807, 2.05) is 0 Å². The third-order valence-corrected chi connectivity index (χ3v) is 16.9. The van der Waals surface area contributed by atoms with Gasteiger partial charge in [-0.15, -0.1) is 0 Å². The number of benzene rings is 8. The Morgan fingerprint density at radius 3 is 0.694 bits per heavy atom. The molecule has 0 unspecified atom stereocenters. The minimum absolute atomic E-state index is 0.0818. The van der Waals surface area contributed by atoms with E-state index in [1.54, 1.807) is 48.5 Å². The van der Waals surface area contributed by atoms with Crippen molar-refractivity contribution in [3.63, 3.8) is 0 Å². The van der Waals surface area contributed by atoms with Crippen LogP contribution in [0.25, 0.3) is 32.3 Å². The molecule has 0 saturated carbocycles. The van der Waals surface area contributed by atoms with Crippen molar-refractivity contribution in [2.45, 2.75) is 24.7 Å². The maximum Gasteiger partial charge on any atom is 0.416 e.